The smallest absolute Gasteiger partial charge is 0.338 e. The van der Waals surface area contributed by atoms with Crippen LogP contribution in [0.4, 0.5) is 11.4 Å². The molecule has 2 aromatic carbocycles. The van der Waals surface area contributed by atoms with Crippen molar-refractivity contribution < 1.29 is 33.4 Å². The summed E-state index contributed by atoms with van der Waals surface area (Å²) in [6.45, 7) is 1.59. The number of amides is 3. The first-order valence-corrected chi connectivity index (χ1v) is 11.4. The summed E-state index contributed by atoms with van der Waals surface area (Å²) in [6.07, 6.45) is 2.37. The van der Waals surface area contributed by atoms with E-state index in [0.717, 1.165) is 12.8 Å². The van der Waals surface area contributed by atoms with Crippen LogP contribution >= 0.6 is 0 Å². The second-order valence-electron chi connectivity index (χ2n) is 8.88. The van der Waals surface area contributed by atoms with Crippen molar-refractivity contribution in [2.75, 3.05) is 23.9 Å². The molecule has 3 amide bonds. The van der Waals surface area contributed by atoms with Gasteiger partial charge in [0.15, 0.2) is 6.61 Å². The van der Waals surface area contributed by atoms with Gasteiger partial charge in [-0.15, -0.1) is 0 Å². The minimum absolute atomic E-state index is 0.182. The molecule has 35 heavy (non-hydrogen) atoms. The minimum Gasteiger partial charge on any atom is -0.465 e. The number of benzene rings is 2. The van der Waals surface area contributed by atoms with Gasteiger partial charge in [0.1, 0.15) is 0 Å². The highest BCUT2D eigenvalue weighted by Crippen LogP contribution is 2.42. The zero-order valence-corrected chi connectivity index (χ0v) is 19.5. The average Bonchev–Trinajstić information content (AvgIpc) is 3.11. The van der Waals surface area contributed by atoms with Crippen LogP contribution in [0.25, 0.3) is 0 Å². The first-order valence-electron chi connectivity index (χ1n) is 11.4. The number of ether oxygens (including phenoxy) is 2. The third-order valence-electron chi connectivity index (χ3n) is 6.47. The molecule has 2 aliphatic rings. The van der Waals surface area contributed by atoms with Gasteiger partial charge in [-0.05, 0) is 73.7 Å². The molecule has 1 saturated heterocycles. The van der Waals surface area contributed by atoms with Gasteiger partial charge in [-0.2, -0.15) is 0 Å². The molecule has 0 unspecified atom stereocenters. The van der Waals surface area contributed by atoms with E-state index in [4.69, 9.17) is 4.74 Å². The molecule has 9 nitrogen and oxygen atoms in total. The highest BCUT2D eigenvalue weighted by atomic mass is 16.5. The standard InChI is InChI=1S/C26H26N2O7/c1-15-3-12-20-21(13-15)24(31)28(23(20)30)19-10-6-17(7-11-19)26(33)35-14-22(29)27-18-8-4-16(5-9-18)25(32)34-2/h4-11,15,20-21H,3,12-14H2,1-2H3,(H,27,29)/t15-,20-,21-/m1/s1. The van der Waals surface area contributed by atoms with Crippen LogP contribution in [0.3, 0.4) is 0 Å². The molecule has 0 radical (unpaired) electrons. The van der Waals surface area contributed by atoms with Gasteiger partial charge in [0.25, 0.3) is 5.91 Å². The second-order valence-corrected chi connectivity index (χ2v) is 8.88. The van der Waals surface area contributed by atoms with Crippen molar-refractivity contribution in [3.8, 4) is 0 Å². The summed E-state index contributed by atoms with van der Waals surface area (Å²) in [5.74, 6) is -2.24. The predicted molar refractivity (Wildman–Crippen MR) is 126 cm³/mol. The summed E-state index contributed by atoms with van der Waals surface area (Å²) in [6, 6.07) is 12.1. The Hall–Kier alpha value is -4.01. The number of esters is 2. The number of rotatable bonds is 6. The number of fused-ring (bicyclic) bond motifs is 1. The Morgan fingerprint density at radius 2 is 1.49 bits per heavy atom. The molecule has 3 atom stereocenters. The van der Waals surface area contributed by atoms with Crippen LogP contribution in [-0.4, -0.2) is 43.4 Å². The highest BCUT2D eigenvalue weighted by Gasteiger charge is 2.49. The molecule has 182 valence electrons. The lowest BCUT2D eigenvalue weighted by molar-refractivity contribution is -0.122. The van der Waals surface area contributed by atoms with Crippen molar-refractivity contribution in [3.63, 3.8) is 0 Å². The van der Waals surface area contributed by atoms with E-state index in [2.05, 4.69) is 17.0 Å². The van der Waals surface area contributed by atoms with Gasteiger partial charge in [-0.25, -0.2) is 9.59 Å². The third-order valence-corrected chi connectivity index (χ3v) is 6.47. The number of methoxy groups -OCH3 is 1. The van der Waals surface area contributed by atoms with Crippen LogP contribution in [0.5, 0.6) is 0 Å². The largest absolute Gasteiger partial charge is 0.465 e. The fourth-order valence-electron chi connectivity index (χ4n) is 4.61. The van der Waals surface area contributed by atoms with Gasteiger partial charge in [0.05, 0.1) is 35.8 Å². The summed E-state index contributed by atoms with van der Waals surface area (Å²) in [7, 11) is 1.28. The maximum Gasteiger partial charge on any atom is 0.338 e. The topological polar surface area (TPSA) is 119 Å². The second kappa shape index (κ2) is 10.1. The highest BCUT2D eigenvalue weighted by molar-refractivity contribution is 6.22. The first kappa shape index (κ1) is 24.1. The molecular formula is C26H26N2O7. The van der Waals surface area contributed by atoms with E-state index in [0.29, 0.717) is 29.3 Å². The third kappa shape index (κ3) is 5.08. The van der Waals surface area contributed by atoms with Crippen LogP contribution in [0.2, 0.25) is 0 Å². The predicted octanol–water partition coefficient (Wildman–Crippen LogP) is 3.19. The van der Waals surface area contributed by atoms with Crippen LogP contribution in [-0.2, 0) is 23.9 Å². The van der Waals surface area contributed by atoms with Gasteiger partial charge in [0.2, 0.25) is 11.8 Å². The van der Waals surface area contributed by atoms with Crippen LogP contribution in [0, 0.1) is 17.8 Å². The van der Waals surface area contributed by atoms with Crippen molar-refractivity contribution in [1.82, 2.24) is 0 Å². The van der Waals surface area contributed by atoms with E-state index in [1.165, 1.54) is 60.5 Å². The fraction of sp³-hybridized carbons (Fsp3) is 0.346. The van der Waals surface area contributed by atoms with Crippen molar-refractivity contribution in [2.45, 2.75) is 26.2 Å². The SMILES string of the molecule is COC(=O)c1ccc(NC(=O)COC(=O)c2ccc(N3C(=O)[C@@H]4CC[C@@H](C)C[C@H]4C3=O)cc2)cc1. The zero-order chi connectivity index (χ0) is 25.1. The Bertz CT molecular complexity index is 1160. The van der Waals surface area contributed by atoms with E-state index >= 15 is 0 Å². The molecular weight excluding hydrogens is 452 g/mol. The molecule has 1 heterocycles. The molecule has 2 fully saturated rings. The zero-order valence-electron chi connectivity index (χ0n) is 19.5. The van der Waals surface area contributed by atoms with E-state index in [1.54, 1.807) is 0 Å². The van der Waals surface area contributed by atoms with Crippen molar-refractivity contribution in [2.24, 2.45) is 17.8 Å². The minimum atomic E-state index is -0.714. The summed E-state index contributed by atoms with van der Waals surface area (Å²) >= 11 is 0. The number of hydrogen-bond acceptors (Lipinski definition) is 7. The molecule has 4 rings (SSSR count). The summed E-state index contributed by atoms with van der Waals surface area (Å²) in [5.41, 5.74) is 1.38. The van der Waals surface area contributed by atoms with Gasteiger partial charge < -0.3 is 14.8 Å². The Morgan fingerprint density at radius 1 is 0.886 bits per heavy atom. The first-order chi connectivity index (χ1) is 16.8. The summed E-state index contributed by atoms with van der Waals surface area (Å²) in [4.78, 5) is 62.8. The number of carbonyl (C=O) groups excluding carboxylic acids is 5. The Labute approximate surface area is 202 Å². The Kier molecular flexibility index (Phi) is 6.95. The Balaban J connectivity index is 1.32. The molecule has 1 saturated carbocycles. The van der Waals surface area contributed by atoms with E-state index in [-0.39, 0.29) is 29.2 Å². The molecule has 0 spiro atoms. The van der Waals surface area contributed by atoms with E-state index in [1.807, 2.05) is 0 Å². The lowest BCUT2D eigenvalue weighted by Crippen LogP contribution is -2.30. The number of carbonyl (C=O) groups is 5. The molecule has 1 N–H and O–H groups in total. The molecule has 1 aliphatic heterocycles. The molecule has 0 bridgehead atoms. The van der Waals surface area contributed by atoms with E-state index in [9.17, 15) is 24.0 Å². The van der Waals surface area contributed by atoms with Gasteiger partial charge in [0, 0.05) is 5.69 Å². The fourth-order valence-corrected chi connectivity index (χ4v) is 4.61. The van der Waals surface area contributed by atoms with Crippen molar-refractivity contribution >= 4 is 41.0 Å². The van der Waals surface area contributed by atoms with E-state index < -0.39 is 24.5 Å². The summed E-state index contributed by atoms with van der Waals surface area (Å²) in [5, 5.41) is 2.57. The van der Waals surface area contributed by atoms with Gasteiger partial charge in [-0.1, -0.05) is 6.92 Å². The van der Waals surface area contributed by atoms with Crippen molar-refractivity contribution in [3.05, 3.63) is 59.7 Å². The average molecular weight is 479 g/mol. The Morgan fingerprint density at radius 3 is 2.14 bits per heavy atom. The quantitative estimate of drug-likeness (QED) is 0.500. The lowest BCUT2D eigenvalue weighted by atomic mass is 9.76. The van der Waals surface area contributed by atoms with Crippen molar-refractivity contribution in [1.29, 1.82) is 0 Å². The van der Waals surface area contributed by atoms with Crippen LogP contribution in [0.15, 0.2) is 48.5 Å². The number of imide groups is 1. The normalized spacial score (nSPS) is 21.3. The van der Waals surface area contributed by atoms with Gasteiger partial charge in [-0.3, -0.25) is 19.3 Å². The molecule has 2 aromatic rings. The van der Waals surface area contributed by atoms with Crippen LogP contribution < -0.4 is 10.2 Å². The lowest BCUT2D eigenvalue weighted by Gasteiger charge is -2.25. The number of nitrogens with zero attached hydrogens (tertiary/aromatic N) is 1. The number of nitrogens with one attached hydrogen (secondary N) is 1. The number of anilines is 2. The summed E-state index contributed by atoms with van der Waals surface area (Å²) < 4.78 is 9.68. The molecule has 9 heteroatoms. The molecule has 0 aromatic heterocycles. The monoisotopic (exact) mass is 478 g/mol. The van der Waals surface area contributed by atoms with Crippen LogP contribution in [0.1, 0.15) is 46.9 Å². The van der Waals surface area contributed by atoms with Gasteiger partial charge >= 0.3 is 11.9 Å². The maximum absolute atomic E-state index is 12.9. The maximum atomic E-state index is 12.9. The molecule has 1 aliphatic carbocycles. The number of hydrogen-bond donors (Lipinski definition) is 1.